The zero-order valence-corrected chi connectivity index (χ0v) is 13.9. The summed E-state index contributed by atoms with van der Waals surface area (Å²) >= 11 is 5.94. The molecule has 122 valence electrons. The number of nitrogens with zero attached hydrogens (tertiary/aromatic N) is 1. The summed E-state index contributed by atoms with van der Waals surface area (Å²) < 4.78 is 6.66. The lowest BCUT2D eigenvalue weighted by Gasteiger charge is -2.05. The summed E-state index contributed by atoms with van der Waals surface area (Å²) in [5, 5.41) is 3.96. The number of amides is 1. The highest BCUT2D eigenvalue weighted by Crippen LogP contribution is 2.27. The summed E-state index contributed by atoms with van der Waals surface area (Å²) in [6.07, 6.45) is 1.53. The number of halogens is 1. The van der Waals surface area contributed by atoms with E-state index in [9.17, 15) is 9.59 Å². The Morgan fingerprint density at radius 1 is 1.17 bits per heavy atom. The van der Waals surface area contributed by atoms with Gasteiger partial charge in [-0.2, -0.15) is 0 Å². The Morgan fingerprint density at radius 3 is 2.62 bits per heavy atom. The Labute approximate surface area is 143 Å². The van der Waals surface area contributed by atoms with Crippen LogP contribution in [0.4, 0.5) is 5.69 Å². The van der Waals surface area contributed by atoms with E-state index in [1.807, 2.05) is 0 Å². The van der Waals surface area contributed by atoms with Crippen LogP contribution in [0.3, 0.4) is 0 Å². The molecular formula is C18H15ClN2O3. The quantitative estimate of drug-likeness (QED) is 0.775. The summed E-state index contributed by atoms with van der Waals surface area (Å²) in [6.45, 7) is 1.45. The van der Waals surface area contributed by atoms with E-state index in [-0.39, 0.29) is 11.8 Å². The minimum Gasteiger partial charge on any atom is -0.497 e. The number of hydrogen-bond acceptors (Lipinski definition) is 3. The van der Waals surface area contributed by atoms with Crippen LogP contribution < -0.4 is 10.1 Å². The zero-order valence-electron chi connectivity index (χ0n) is 13.2. The first kappa shape index (κ1) is 16.1. The Morgan fingerprint density at radius 2 is 1.96 bits per heavy atom. The number of fused-ring (bicyclic) bond motifs is 1. The second-order valence-corrected chi connectivity index (χ2v) is 5.72. The van der Waals surface area contributed by atoms with Crippen molar-refractivity contribution in [3.8, 4) is 5.75 Å². The van der Waals surface area contributed by atoms with Gasteiger partial charge in [-0.1, -0.05) is 17.7 Å². The minimum absolute atomic E-state index is 0.174. The first-order chi connectivity index (χ1) is 11.5. The van der Waals surface area contributed by atoms with Crippen molar-refractivity contribution >= 4 is 40.0 Å². The second-order valence-electron chi connectivity index (χ2n) is 5.28. The van der Waals surface area contributed by atoms with Gasteiger partial charge in [-0.25, -0.2) is 0 Å². The number of hydrogen-bond donors (Lipinski definition) is 1. The predicted octanol–water partition coefficient (Wildman–Crippen LogP) is 4.22. The molecule has 3 rings (SSSR count). The van der Waals surface area contributed by atoms with Gasteiger partial charge >= 0.3 is 0 Å². The maximum Gasteiger partial charge on any atom is 0.257 e. The fourth-order valence-corrected chi connectivity index (χ4v) is 2.73. The van der Waals surface area contributed by atoms with Crippen LogP contribution in [0.25, 0.3) is 10.9 Å². The minimum atomic E-state index is -0.324. The number of anilines is 1. The third-order valence-corrected chi connectivity index (χ3v) is 3.91. The van der Waals surface area contributed by atoms with Crippen molar-refractivity contribution in [2.75, 3.05) is 12.4 Å². The first-order valence-electron chi connectivity index (χ1n) is 7.26. The number of carbonyl (C=O) groups excluding carboxylic acids is 2. The van der Waals surface area contributed by atoms with Gasteiger partial charge in [-0.05, 0) is 36.4 Å². The third-order valence-electron chi connectivity index (χ3n) is 3.68. The lowest BCUT2D eigenvalue weighted by atomic mass is 10.1. The van der Waals surface area contributed by atoms with E-state index in [4.69, 9.17) is 16.3 Å². The second kappa shape index (κ2) is 6.37. The smallest absolute Gasteiger partial charge is 0.257 e. The first-order valence-corrected chi connectivity index (χ1v) is 7.64. The van der Waals surface area contributed by atoms with Crippen molar-refractivity contribution < 1.29 is 14.3 Å². The Bertz CT molecular complexity index is 947. The maximum absolute atomic E-state index is 12.7. The molecule has 0 atom stereocenters. The molecule has 1 aromatic heterocycles. The molecule has 3 aromatic rings. The molecule has 0 aliphatic rings. The number of aromatic nitrogens is 1. The molecule has 0 aliphatic carbocycles. The van der Waals surface area contributed by atoms with Crippen LogP contribution in [0.15, 0.2) is 48.7 Å². The van der Waals surface area contributed by atoms with Gasteiger partial charge in [0, 0.05) is 29.2 Å². The highest BCUT2D eigenvalue weighted by atomic mass is 35.5. The van der Waals surface area contributed by atoms with Crippen molar-refractivity contribution in [1.29, 1.82) is 0 Å². The number of nitrogens with one attached hydrogen (secondary N) is 1. The van der Waals surface area contributed by atoms with Crippen molar-refractivity contribution in [1.82, 2.24) is 4.57 Å². The largest absolute Gasteiger partial charge is 0.497 e. The molecule has 0 spiro atoms. The molecule has 0 saturated heterocycles. The topological polar surface area (TPSA) is 60.3 Å². The average Bonchev–Trinajstić information content (AvgIpc) is 2.93. The summed E-state index contributed by atoms with van der Waals surface area (Å²) in [7, 11) is 1.55. The van der Waals surface area contributed by atoms with Gasteiger partial charge in [0.05, 0.1) is 18.2 Å². The molecule has 0 radical (unpaired) electrons. The number of benzene rings is 2. The highest BCUT2D eigenvalue weighted by Gasteiger charge is 2.17. The van der Waals surface area contributed by atoms with Crippen LogP contribution >= 0.6 is 11.6 Å². The van der Waals surface area contributed by atoms with E-state index in [0.717, 1.165) is 0 Å². The van der Waals surface area contributed by atoms with Crippen LogP contribution in [-0.4, -0.2) is 23.5 Å². The van der Waals surface area contributed by atoms with Crippen LogP contribution in [0, 0.1) is 0 Å². The molecule has 24 heavy (non-hydrogen) atoms. The molecule has 1 amide bonds. The molecule has 0 fully saturated rings. The van der Waals surface area contributed by atoms with E-state index < -0.39 is 0 Å². The van der Waals surface area contributed by atoms with Crippen molar-refractivity contribution in [2.45, 2.75) is 6.92 Å². The average molecular weight is 343 g/mol. The fourth-order valence-electron chi connectivity index (χ4n) is 2.54. The van der Waals surface area contributed by atoms with Crippen LogP contribution in [-0.2, 0) is 0 Å². The monoisotopic (exact) mass is 342 g/mol. The third kappa shape index (κ3) is 2.98. The number of rotatable bonds is 3. The van der Waals surface area contributed by atoms with Crippen LogP contribution in [0.1, 0.15) is 22.1 Å². The number of methoxy groups -OCH3 is 1. The van der Waals surface area contributed by atoms with Gasteiger partial charge in [0.25, 0.3) is 5.91 Å². The molecule has 0 saturated carbocycles. The molecule has 0 bridgehead atoms. The lowest BCUT2D eigenvalue weighted by molar-refractivity contribution is 0.0941. The number of carbonyl (C=O) groups is 2. The summed E-state index contributed by atoms with van der Waals surface area (Å²) in [5.74, 6) is 0.114. The van der Waals surface area contributed by atoms with Crippen molar-refractivity contribution in [3.63, 3.8) is 0 Å². The Hall–Kier alpha value is -2.79. The maximum atomic E-state index is 12.7. The van der Waals surface area contributed by atoms with E-state index in [1.54, 1.807) is 49.6 Å². The summed E-state index contributed by atoms with van der Waals surface area (Å²) in [4.78, 5) is 24.5. The highest BCUT2D eigenvalue weighted by molar-refractivity contribution is 6.31. The Kier molecular flexibility index (Phi) is 4.27. The van der Waals surface area contributed by atoms with Gasteiger partial charge in [0.2, 0.25) is 5.91 Å². The molecule has 6 heteroatoms. The lowest BCUT2D eigenvalue weighted by Crippen LogP contribution is -2.11. The molecule has 5 nitrogen and oxygen atoms in total. The van der Waals surface area contributed by atoms with E-state index >= 15 is 0 Å². The van der Waals surface area contributed by atoms with E-state index in [1.165, 1.54) is 17.7 Å². The van der Waals surface area contributed by atoms with Gasteiger partial charge in [-0.3, -0.25) is 14.2 Å². The summed E-state index contributed by atoms with van der Waals surface area (Å²) in [6, 6.07) is 12.1. The molecule has 0 aliphatic heterocycles. The molecule has 2 aromatic carbocycles. The van der Waals surface area contributed by atoms with Crippen LogP contribution in [0.5, 0.6) is 5.75 Å². The molecule has 0 unspecified atom stereocenters. The number of ether oxygens (including phenoxy) is 1. The van der Waals surface area contributed by atoms with E-state index in [2.05, 4.69) is 5.32 Å². The van der Waals surface area contributed by atoms with Gasteiger partial charge in [-0.15, -0.1) is 0 Å². The molecule has 1 N–H and O–H groups in total. The van der Waals surface area contributed by atoms with Crippen LogP contribution in [0.2, 0.25) is 5.02 Å². The molecular weight excluding hydrogens is 328 g/mol. The van der Waals surface area contributed by atoms with Gasteiger partial charge in [0.15, 0.2) is 0 Å². The fraction of sp³-hybridized carbons (Fsp3) is 0.111. The van der Waals surface area contributed by atoms with Gasteiger partial charge in [0.1, 0.15) is 5.75 Å². The normalized spacial score (nSPS) is 10.6. The zero-order chi connectivity index (χ0) is 17.3. The standard InChI is InChI=1S/C18H15ClN2O3/c1-11(22)21-10-16(15-9-14(24-2)6-7-17(15)21)18(23)20-13-5-3-4-12(19)8-13/h3-10H,1-2H3,(H,20,23). The van der Waals surface area contributed by atoms with E-state index in [0.29, 0.717) is 32.9 Å². The van der Waals surface area contributed by atoms with Crippen molar-refractivity contribution in [3.05, 3.63) is 59.2 Å². The Balaban J connectivity index is 2.07. The SMILES string of the molecule is COc1ccc2c(c1)c(C(=O)Nc1cccc(Cl)c1)cn2C(C)=O. The summed E-state index contributed by atoms with van der Waals surface area (Å²) in [5.41, 5.74) is 1.62. The molecule has 1 heterocycles. The predicted molar refractivity (Wildman–Crippen MR) is 94.2 cm³/mol. The van der Waals surface area contributed by atoms with Crippen molar-refractivity contribution in [2.24, 2.45) is 0 Å². The van der Waals surface area contributed by atoms with Gasteiger partial charge < -0.3 is 10.1 Å².